The van der Waals surface area contributed by atoms with Crippen LogP contribution in [0.3, 0.4) is 0 Å². The lowest BCUT2D eigenvalue weighted by Crippen LogP contribution is -2.39. The summed E-state index contributed by atoms with van der Waals surface area (Å²) in [6, 6.07) is 7.71. The first kappa shape index (κ1) is 12.8. The molecule has 1 rings (SSSR count). The van der Waals surface area contributed by atoms with Gasteiger partial charge in [-0.05, 0) is 39.8 Å². The van der Waals surface area contributed by atoms with Crippen LogP contribution in [0.2, 0.25) is 0 Å². The van der Waals surface area contributed by atoms with Crippen LogP contribution < -0.4 is 10.1 Å². The molecule has 3 heteroatoms. The van der Waals surface area contributed by atoms with E-state index in [0.29, 0.717) is 6.61 Å². The minimum absolute atomic E-state index is 0.0471. The van der Waals surface area contributed by atoms with Crippen molar-refractivity contribution in [3.8, 4) is 5.75 Å². The predicted molar refractivity (Wildman–Crippen MR) is 67.0 cm³/mol. The van der Waals surface area contributed by atoms with Crippen molar-refractivity contribution in [2.24, 2.45) is 0 Å². The zero-order chi connectivity index (χ0) is 12.2. The Labute approximate surface area is 97.4 Å². The first-order valence-electron chi connectivity index (χ1n) is 5.66. The van der Waals surface area contributed by atoms with E-state index >= 15 is 0 Å². The number of rotatable bonds is 5. The van der Waals surface area contributed by atoms with Crippen molar-refractivity contribution < 1.29 is 9.84 Å². The summed E-state index contributed by atoms with van der Waals surface area (Å²) < 4.78 is 5.51. The fourth-order valence-electron chi connectivity index (χ4n) is 1.28. The van der Waals surface area contributed by atoms with Crippen LogP contribution in [0.15, 0.2) is 24.3 Å². The quantitative estimate of drug-likeness (QED) is 0.806. The Kier molecular flexibility index (Phi) is 4.19. The van der Waals surface area contributed by atoms with Gasteiger partial charge in [0.1, 0.15) is 5.75 Å². The second-order valence-corrected chi connectivity index (χ2v) is 4.45. The van der Waals surface area contributed by atoms with Crippen molar-refractivity contribution >= 4 is 5.69 Å². The van der Waals surface area contributed by atoms with Gasteiger partial charge in [-0.15, -0.1) is 0 Å². The molecule has 0 fully saturated rings. The van der Waals surface area contributed by atoms with Crippen molar-refractivity contribution in [3.63, 3.8) is 0 Å². The van der Waals surface area contributed by atoms with Gasteiger partial charge in [0.2, 0.25) is 0 Å². The smallest absolute Gasteiger partial charge is 0.142 e. The molecule has 0 aromatic heterocycles. The molecule has 0 spiro atoms. The van der Waals surface area contributed by atoms with Crippen LogP contribution in [-0.2, 0) is 0 Å². The molecule has 0 amide bonds. The van der Waals surface area contributed by atoms with E-state index in [9.17, 15) is 5.11 Å². The molecule has 1 aromatic carbocycles. The Hall–Kier alpha value is -1.22. The van der Waals surface area contributed by atoms with Gasteiger partial charge in [-0.1, -0.05) is 12.1 Å². The van der Waals surface area contributed by atoms with Crippen molar-refractivity contribution in [2.75, 3.05) is 11.9 Å². The van der Waals surface area contributed by atoms with Crippen LogP contribution >= 0.6 is 0 Å². The largest absolute Gasteiger partial charge is 0.492 e. The van der Waals surface area contributed by atoms with Gasteiger partial charge in [0, 0.05) is 0 Å². The molecule has 1 unspecified atom stereocenters. The zero-order valence-corrected chi connectivity index (χ0v) is 10.4. The number of hydrogen-bond donors (Lipinski definition) is 2. The molecule has 0 heterocycles. The molecule has 0 radical (unpaired) electrons. The number of benzene rings is 1. The number of para-hydroxylation sites is 2. The molecular weight excluding hydrogens is 202 g/mol. The van der Waals surface area contributed by atoms with Crippen molar-refractivity contribution in [2.45, 2.75) is 39.3 Å². The molecule has 0 aliphatic heterocycles. The van der Waals surface area contributed by atoms with Crippen LogP contribution in [-0.4, -0.2) is 23.4 Å². The molecule has 0 bridgehead atoms. The van der Waals surface area contributed by atoms with Gasteiger partial charge in [-0.3, -0.25) is 0 Å². The summed E-state index contributed by atoms with van der Waals surface area (Å²) in [5, 5.41) is 13.1. The second-order valence-electron chi connectivity index (χ2n) is 4.45. The second kappa shape index (κ2) is 5.21. The summed E-state index contributed by atoms with van der Waals surface area (Å²) in [6.45, 7) is 8.11. The van der Waals surface area contributed by atoms with Crippen molar-refractivity contribution in [1.29, 1.82) is 0 Å². The Morgan fingerprint density at radius 1 is 1.38 bits per heavy atom. The standard InChI is InChI=1S/C13H21NO2/c1-5-16-12-9-7-6-8-11(12)14-10(2)13(3,4)15/h6-10,14-15H,5H2,1-4H3. The Morgan fingerprint density at radius 2 is 2.00 bits per heavy atom. The van der Waals surface area contributed by atoms with E-state index in [-0.39, 0.29) is 6.04 Å². The zero-order valence-electron chi connectivity index (χ0n) is 10.4. The molecule has 90 valence electrons. The van der Waals surface area contributed by atoms with Crippen LogP contribution in [0, 0.1) is 0 Å². The lowest BCUT2D eigenvalue weighted by atomic mass is 10.0. The molecule has 3 nitrogen and oxygen atoms in total. The third kappa shape index (κ3) is 3.42. The van der Waals surface area contributed by atoms with E-state index in [2.05, 4.69) is 5.32 Å². The van der Waals surface area contributed by atoms with E-state index in [1.54, 1.807) is 13.8 Å². The molecule has 16 heavy (non-hydrogen) atoms. The van der Waals surface area contributed by atoms with E-state index in [1.807, 2.05) is 38.1 Å². The first-order chi connectivity index (χ1) is 7.45. The number of hydrogen-bond acceptors (Lipinski definition) is 3. The van der Waals surface area contributed by atoms with E-state index in [1.165, 1.54) is 0 Å². The van der Waals surface area contributed by atoms with Crippen molar-refractivity contribution in [3.05, 3.63) is 24.3 Å². The molecule has 0 saturated carbocycles. The SMILES string of the molecule is CCOc1ccccc1NC(C)C(C)(C)O. The highest BCUT2D eigenvalue weighted by atomic mass is 16.5. The summed E-state index contributed by atoms with van der Waals surface area (Å²) >= 11 is 0. The maximum Gasteiger partial charge on any atom is 0.142 e. The molecular formula is C13H21NO2. The highest BCUT2D eigenvalue weighted by Gasteiger charge is 2.22. The summed E-state index contributed by atoms with van der Waals surface area (Å²) in [6.07, 6.45) is 0. The average Bonchev–Trinajstić information content (AvgIpc) is 2.20. The summed E-state index contributed by atoms with van der Waals surface area (Å²) in [5.41, 5.74) is 0.151. The number of anilines is 1. The summed E-state index contributed by atoms with van der Waals surface area (Å²) in [5.74, 6) is 0.820. The van der Waals surface area contributed by atoms with Crippen LogP contribution in [0.1, 0.15) is 27.7 Å². The molecule has 0 saturated heterocycles. The Morgan fingerprint density at radius 3 is 2.56 bits per heavy atom. The van der Waals surface area contributed by atoms with Gasteiger partial charge in [0.15, 0.2) is 0 Å². The van der Waals surface area contributed by atoms with Gasteiger partial charge in [0.25, 0.3) is 0 Å². The molecule has 0 aliphatic carbocycles. The maximum atomic E-state index is 9.86. The monoisotopic (exact) mass is 223 g/mol. The maximum absolute atomic E-state index is 9.86. The van der Waals surface area contributed by atoms with Crippen LogP contribution in [0.25, 0.3) is 0 Å². The van der Waals surface area contributed by atoms with E-state index < -0.39 is 5.60 Å². The number of ether oxygens (including phenoxy) is 1. The van der Waals surface area contributed by atoms with Gasteiger partial charge in [-0.2, -0.15) is 0 Å². The van der Waals surface area contributed by atoms with E-state index in [4.69, 9.17) is 4.74 Å². The van der Waals surface area contributed by atoms with Crippen LogP contribution in [0.5, 0.6) is 5.75 Å². The summed E-state index contributed by atoms with van der Waals surface area (Å²) in [7, 11) is 0. The van der Waals surface area contributed by atoms with Gasteiger partial charge >= 0.3 is 0 Å². The topological polar surface area (TPSA) is 41.5 Å². The fraction of sp³-hybridized carbons (Fsp3) is 0.538. The van der Waals surface area contributed by atoms with Gasteiger partial charge < -0.3 is 15.2 Å². The lowest BCUT2D eigenvalue weighted by Gasteiger charge is -2.28. The molecule has 1 atom stereocenters. The number of aliphatic hydroxyl groups is 1. The van der Waals surface area contributed by atoms with Gasteiger partial charge in [-0.25, -0.2) is 0 Å². The molecule has 2 N–H and O–H groups in total. The molecule has 1 aromatic rings. The predicted octanol–water partition coefficient (Wildman–Crippen LogP) is 2.66. The highest BCUT2D eigenvalue weighted by Crippen LogP contribution is 2.26. The van der Waals surface area contributed by atoms with Gasteiger partial charge in [0.05, 0.1) is 23.9 Å². The first-order valence-corrected chi connectivity index (χ1v) is 5.66. The third-order valence-electron chi connectivity index (χ3n) is 2.62. The van der Waals surface area contributed by atoms with Crippen LogP contribution in [0.4, 0.5) is 5.69 Å². The Balaban J connectivity index is 2.80. The van der Waals surface area contributed by atoms with E-state index in [0.717, 1.165) is 11.4 Å². The fourth-order valence-corrected chi connectivity index (χ4v) is 1.28. The number of nitrogens with one attached hydrogen (secondary N) is 1. The third-order valence-corrected chi connectivity index (χ3v) is 2.62. The van der Waals surface area contributed by atoms with Crippen molar-refractivity contribution in [1.82, 2.24) is 0 Å². The normalized spacial score (nSPS) is 13.3. The highest BCUT2D eigenvalue weighted by molar-refractivity contribution is 5.56. The summed E-state index contributed by atoms with van der Waals surface area (Å²) in [4.78, 5) is 0. The minimum atomic E-state index is -0.765. The average molecular weight is 223 g/mol. The molecule has 0 aliphatic rings. The Bertz CT molecular complexity index is 331. The lowest BCUT2D eigenvalue weighted by molar-refractivity contribution is 0.0648. The minimum Gasteiger partial charge on any atom is -0.492 e.